The smallest absolute Gasteiger partial charge is 0.0887 e. The van der Waals surface area contributed by atoms with Crippen molar-refractivity contribution in [1.29, 1.82) is 0 Å². The molecule has 0 saturated heterocycles. The van der Waals surface area contributed by atoms with Crippen molar-refractivity contribution in [3.8, 4) is 0 Å². The molecule has 9 rings (SSSR count). The number of rotatable bonds is 0. The van der Waals surface area contributed by atoms with Crippen LogP contribution in [0.5, 0.6) is 0 Å². The van der Waals surface area contributed by atoms with Gasteiger partial charge in [0.15, 0.2) is 0 Å². The number of para-hydroxylation sites is 4. The largest absolute Gasteiger partial charge is 0.357 e. The summed E-state index contributed by atoms with van der Waals surface area (Å²) >= 11 is 0. The summed E-state index contributed by atoms with van der Waals surface area (Å²) in [4.78, 5) is 35.4. The topological polar surface area (TPSA) is 113 Å². The lowest BCUT2D eigenvalue weighted by Gasteiger charge is -2.54. The minimum atomic E-state index is -0.276. The van der Waals surface area contributed by atoms with Crippen LogP contribution in [0.2, 0.25) is 0 Å². The van der Waals surface area contributed by atoms with Crippen molar-refractivity contribution < 1.29 is 0 Å². The molecule has 0 atom stereocenters. The van der Waals surface area contributed by atoms with Crippen molar-refractivity contribution in [2.75, 3.05) is 0 Å². The van der Waals surface area contributed by atoms with Crippen LogP contribution in [0.4, 0.5) is 22.7 Å². The maximum Gasteiger partial charge on any atom is 0.0887 e. The van der Waals surface area contributed by atoms with Gasteiger partial charge in [-0.25, -0.2) is 0 Å². The minimum absolute atomic E-state index is 0.0587. The Balaban J connectivity index is 1.17. The first kappa shape index (κ1) is 39.7. The first-order valence-electron chi connectivity index (χ1n) is 21.7. The lowest BCUT2D eigenvalue weighted by atomic mass is 9.50. The van der Waals surface area contributed by atoms with Gasteiger partial charge in [-0.05, 0) is 133 Å². The number of H-pyrrole nitrogens is 4. The highest BCUT2D eigenvalue weighted by molar-refractivity contribution is 5.87. The lowest BCUT2D eigenvalue weighted by molar-refractivity contribution is 0.0377. The Hall–Kier alpha value is -5.76. The van der Waals surface area contributed by atoms with Crippen LogP contribution >= 0.6 is 0 Å². The Bertz CT molecular complexity index is 2320. The number of nitrogens with one attached hydrogen (secondary N) is 4. The van der Waals surface area contributed by atoms with Crippen molar-refractivity contribution >= 4 is 47.6 Å². The van der Waals surface area contributed by atoms with E-state index in [1.165, 1.54) is 22.8 Å². The van der Waals surface area contributed by atoms with E-state index in [1.54, 1.807) is 0 Å². The van der Waals surface area contributed by atoms with Gasteiger partial charge in [-0.2, -0.15) is 0 Å². The van der Waals surface area contributed by atoms with E-state index in [2.05, 4.69) is 124 Å². The van der Waals surface area contributed by atoms with Crippen molar-refractivity contribution in [2.24, 2.45) is 41.6 Å². The maximum atomic E-state index is 5.02. The zero-order chi connectivity index (χ0) is 42.0. The van der Waals surface area contributed by atoms with Gasteiger partial charge in [0.05, 0.1) is 81.2 Å². The summed E-state index contributed by atoms with van der Waals surface area (Å²) in [5.74, 6) is 0. The summed E-state index contributed by atoms with van der Waals surface area (Å²) in [7, 11) is 0. The zero-order valence-electron chi connectivity index (χ0n) is 36.6. The van der Waals surface area contributed by atoms with Gasteiger partial charge >= 0.3 is 0 Å². The van der Waals surface area contributed by atoms with E-state index in [0.29, 0.717) is 0 Å². The molecule has 8 heteroatoms. The molecule has 0 amide bonds. The molecule has 0 unspecified atom stereocenters. The van der Waals surface area contributed by atoms with E-state index in [-0.39, 0.29) is 32.5 Å². The molecule has 1 aliphatic heterocycles. The summed E-state index contributed by atoms with van der Waals surface area (Å²) < 4.78 is 0. The molecule has 60 heavy (non-hydrogen) atoms. The number of hydrogen-bond donors (Lipinski definition) is 4. The standard InChI is InChI=1S/C52H60N8/c1-47(2)25-27-51(49(5,6)33-47)43-21-17-35(57-43)29-53-39-13-9-11-15-41(39)55-31-37-19-23-45(59-37)52(28-26-48(3,4)34-50(52,7)8)46-24-20-38(60-46)32-56-42-16-12-10-14-40(42)54-30-36-18-22-44(51)58-36/h9-24,29-32,57-60H,25-28,33-34H2,1-8H3. The van der Waals surface area contributed by atoms with Gasteiger partial charge in [0, 0.05) is 22.8 Å². The molecule has 8 nitrogen and oxygen atoms in total. The summed E-state index contributed by atoms with van der Waals surface area (Å²) in [6.07, 6.45) is 14.2. The molecule has 3 aliphatic rings. The van der Waals surface area contributed by atoms with Gasteiger partial charge in [0.25, 0.3) is 0 Å². The summed E-state index contributed by atoms with van der Waals surface area (Å²) in [5, 5.41) is 0. The average Bonchev–Trinajstić information content (AvgIpc) is 4.03. The van der Waals surface area contributed by atoms with E-state index >= 15 is 0 Å². The van der Waals surface area contributed by atoms with Crippen LogP contribution < -0.4 is 0 Å². The molecular formula is C52H60N8. The molecule has 2 saturated carbocycles. The highest BCUT2D eigenvalue weighted by Gasteiger charge is 2.56. The van der Waals surface area contributed by atoms with E-state index in [9.17, 15) is 0 Å². The zero-order valence-corrected chi connectivity index (χ0v) is 36.6. The Morgan fingerprint density at radius 1 is 0.350 bits per heavy atom. The number of fused-ring (bicyclic) bond motifs is 14. The molecule has 0 radical (unpaired) electrons. The highest BCUT2D eigenvalue weighted by Crippen LogP contribution is 2.61. The third kappa shape index (κ3) is 6.97. The van der Waals surface area contributed by atoms with Gasteiger partial charge in [0.2, 0.25) is 0 Å². The van der Waals surface area contributed by atoms with Gasteiger partial charge in [-0.1, -0.05) is 79.7 Å². The van der Waals surface area contributed by atoms with Crippen LogP contribution in [0.25, 0.3) is 0 Å². The molecule has 5 heterocycles. The number of benzene rings is 2. The normalized spacial score (nSPS) is 24.0. The third-order valence-corrected chi connectivity index (χ3v) is 14.3. The average molecular weight is 797 g/mol. The predicted molar refractivity (Wildman–Crippen MR) is 249 cm³/mol. The SMILES string of the molecule is CC1(C)CCC2(c3ccc([nH]3)C=Nc3ccccc3N=Cc3ccc([nH]3)C3(CCC(C)(C)CC3(C)C)c3ccc([nH]3)C=Nc3ccccc3N=Cc3ccc2[nH]3)C(C)(C)C1. The van der Waals surface area contributed by atoms with E-state index in [1.807, 2.05) is 73.4 Å². The minimum Gasteiger partial charge on any atom is -0.357 e. The molecule has 8 bridgehead atoms. The Kier molecular flexibility index (Phi) is 9.56. The summed E-state index contributed by atoms with van der Waals surface area (Å²) in [6.45, 7) is 19.3. The molecule has 4 aromatic heterocycles. The van der Waals surface area contributed by atoms with Gasteiger partial charge in [-0.3, -0.25) is 20.0 Å². The van der Waals surface area contributed by atoms with Crippen LogP contribution in [0.3, 0.4) is 0 Å². The fourth-order valence-corrected chi connectivity index (χ4v) is 11.8. The van der Waals surface area contributed by atoms with Crippen LogP contribution in [0, 0.1) is 21.7 Å². The quantitative estimate of drug-likeness (QED) is 0.117. The maximum absolute atomic E-state index is 5.02. The second-order valence-corrected chi connectivity index (χ2v) is 20.6. The summed E-state index contributed by atoms with van der Waals surface area (Å²) in [5.41, 5.74) is 11.7. The Labute approximate surface area is 355 Å². The summed E-state index contributed by atoms with van der Waals surface area (Å²) in [6, 6.07) is 33.9. The number of hydrogen-bond acceptors (Lipinski definition) is 4. The van der Waals surface area contributed by atoms with E-state index in [0.717, 1.165) is 84.1 Å². The van der Waals surface area contributed by atoms with Gasteiger partial charge in [-0.15, -0.1) is 0 Å². The van der Waals surface area contributed by atoms with E-state index in [4.69, 9.17) is 20.0 Å². The second-order valence-electron chi connectivity index (χ2n) is 20.6. The number of aliphatic imine (C=N–C) groups is 4. The second kappa shape index (κ2) is 14.5. The molecule has 308 valence electrons. The fraction of sp³-hybridized carbons (Fsp3) is 0.385. The molecule has 2 spiro atoms. The third-order valence-electron chi connectivity index (χ3n) is 14.3. The first-order valence-corrected chi connectivity index (χ1v) is 21.7. The van der Waals surface area contributed by atoms with Crippen molar-refractivity contribution in [3.05, 3.63) is 143 Å². The Morgan fingerprint density at radius 2 is 0.617 bits per heavy atom. The fourth-order valence-electron chi connectivity index (χ4n) is 11.8. The van der Waals surface area contributed by atoms with Crippen LogP contribution in [0.15, 0.2) is 117 Å². The molecule has 4 N–H and O–H groups in total. The first-order chi connectivity index (χ1) is 28.6. The molecular weight excluding hydrogens is 737 g/mol. The lowest BCUT2D eigenvalue weighted by Crippen LogP contribution is -2.50. The van der Waals surface area contributed by atoms with Crippen LogP contribution in [-0.4, -0.2) is 44.8 Å². The number of nitrogens with zero attached hydrogens (tertiary/aromatic N) is 4. The predicted octanol–water partition coefficient (Wildman–Crippen LogP) is 13.4. The highest BCUT2D eigenvalue weighted by atomic mass is 14.9. The Morgan fingerprint density at radius 3 is 0.867 bits per heavy atom. The van der Waals surface area contributed by atoms with Crippen molar-refractivity contribution in [1.82, 2.24) is 19.9 Å². The van der Waals surface area contributed by atoms with Gasteiger partial charge < -0.3 is 19.9 Å². The van der Waals surface area contributed by atoms with Crippen LogP contribution in [0.1, 0.15) is 139 Å². The molecule has 2 aliphatic carbocycles. The molecule has 2 fully saturated rings. The monoisotopic (exact) mass is 796 g/mol. The molecule has 2 aromatic carbocycles. The molecule has 6 aromatic rings. The van der Waals surface area contributed by atoms with Gasteiger partial charge in [0.1, 0.15) is 0 Å². The van der Waals surface area contributed by atoms with Crippen molar-refractivity contribution in [3.63, 3.8) is 0 Å². The van der Waals surface area contributed by atoms with Crippen LogP contribution in [-0.2, 0) is 10.8 Å². The van der Waals surface area contributed by atoms with E-state index < -0.39 is 0 Å². The van der Waals surface area contributed by atoms with Crippen molar-refractivity contribution in [2.45, 2.75) is 105 Å². The number of aromatic nitrogens is 4. The number of aromatic amines is 4.